The summed E-state index contributed by atoms with van der Waals surface area (Å²) in [6.07, 6.45) is 0.620. The highest BCUT2D eigenvalue weighted by Gasteiger charge is 2.24. The summed E-state index contributed by atoms with van der Waals surface area (Å²) < 4.78 is 30.0. The van der Waals surface area contributed by atoms with Crippen LogP contribution in [0.25, 0.3) is 0 Å². The molecule has 1 atom stereocenters. The van der Waals surface area contributed by atoms with E-state index >= 15 is 0 Å². The van der Waals surface area contributed by atoms with Crippen molar-refractivity contribution < 1.29 is 17.9 Å². The van der Waals surface area contributed by atoms with Gasteiger partial charge in [0.1, 0.15) is 0 Å². The van der Waals surface area contributed by atoms with Gasteiger partial charge >= 0.3 is 6.09 Å². The second-order valence-electron chi connectivity index (χ2n) is 4.61. The zero-order valence-corrected chi connectivity index (χ0v) is 13.4. The molecule has 0 saturated carbocycles. The largest absolute Gasteiger partial charge is 0.450 e. The molecule has 0 fully saturated rings. The van der Waals surface area contributed by atoms with E-state index in [2.05, 4.69) is 5.32 Å². The van der Waals surface area contributed by atoms with Crippen molar-refractivity contribution in [2.45, 2.75) is 19.9 Å². The van der Waals surface area contributed by atoms with E-state index in [4.69, 9.17) is 4.74 Å². The molecule has 0 heterocycles. The standard InChI is InChI=1S/C14H22N2O4S/c1-4-20-14(17)15-10-11-16(21(3,18)19)12(2)13-8-6-5-7-9-13/h5-9,12H,4,10-11H2,1-3H3,(H,15,17). The molecule has 7 heteroatoms. The first-order valence-electron chi connectivity index (χ1n) is 6.78. The predicted molar refractivity (Wildman–Crippen MR) is 81.4 cm³/mol. The average molecular weight is 314 g/mol. The van der Waals surface area contributed by atoms with Crippen LogP contribution in [0.2, 0.25) is 0 Å². The van der Waals surface area contributed by atoms with Gasteiger partial charge in [-0.15, -0.1) is 0 Å². The summed E-state index contributed by atoms with van der Waals surface area (Å²) in [5, 5.41) is 2.53. The molecular formula is C14H22N2O4S. The topological polar surface area (TPSA) is 75.7 Å². The Morgan fingerprint density at radius 1 is 1.33 bits per heavy atom. The van der Waals surface area contributed by atoms with E-state index < -0.39 is 16.1 Å². The number of benzene rings is 1. The Bertz CT molecular complexity index is 545. The van der Waals surface area contributed by atoms with Crippen molar-refractivity contribution >= 4 is 16.1 Å². The Kier molecular flexibility index (Phi) is 6.64. The molecule has 1 N–H and O–H groups in total. The number of hydrogen-bond donors (Lipinski definition) is 1. The van der Waals surface area contributed by atoms with Crippen molar-refractivity contribution in [3.05, 3.63) is 35.9 Å². The molecule has 0 saturated heterocycles. The SMILES string of the molecule is CCOC(=O)NCCN(C(C)c1ccccc1)S(C)(=O)=O. The fourth-order valence-electron chi connectivity index (χ4n) is 1.99. The minimum Gasteiger partial charge on any atom is -0.450 e. The van der Waals surface area contributed by atoms with Crippen LogP contribution in [-0.2, 0) is 14.8 Å². The molecule has 0 aliphatic carbocycles. The molecule has 1 amide bonds. The number of carbonyl (C=O) groups excluding carboxylic acids is 1. The van der Waals surface area contributed by atoms with Gasteiger partial charge in [0.2, 0.25) is 10.0 Å². The van der Waals surface area contributed by atoms with Crippen molar-refractivity contribution in [2.75, 3.05) is 26.0 Å². The van der Waals surface area contributed by atoms with Gasteiger partial charge in [0.05, 0.1) is 12.9 Å². The molecule has 0 bridgehead atoms. The van der Waals surface area contributed by atoms with Crippen molar-refractivity contribution in [3.63, 3.8) is 0 Å². The number of nitrogens with one attached hydrogen (secondary N) is 1. The van der Waals surface area contributed by atoms with Crippen LogP contribution < -0.4 is 5.32 Å². The molecule has 0 spiro atoms. The number of amides is 1. The minimum absolute atomic E-state index is 0.188. The molecule has 118 valence electrons. The van der Waals surface area contributed by atoms with Crippen LogP contribution in [0.3, 0.4) is 0 Å². The average Bonchev–Trinajstić information content (AvgIpc) is 2.43. The Morgan fingerprint density at radius 3 is 2.48 bits per heavy atom. The number of nitrogens with zero attached hydrogens (tertiary/aromatic N) is 1. The van der Waals surface area contributed by atoms with E-state index in [0.29, 0.717) is 0 Å². The van der Waals surface area contributed by atoms with Gasteiger partial charge in [-0.2, -0.15) is 4.31 Å². The maximum absolute atomic E-state index is 11.9. The normalized spacial score (nSPS) is 13.0. The zero-order valence-electron chi connectivity index (χ0n) is 12.6. The number of hydrogen-bond acceptors (Lipinski definition) is 4. The molecule has 1 aromatic carbocycles. The fraction of sp³-hybridized carbons (Fsp3) is 0.500. The fourth-order valence-corrected chi connectivity index (χ4v) is 3.11. The molecule has 1 rings (SSSR count). The van der Waals surface area contributed by atoms with Crippen molar-refractivity contribution in [2.24, 2.45) is 0 Å². The third-order valence-corrected chi connectivity index (χ3v) is 4.37. The first-order valence-corrected chi connectivity index (χ1v) is 8.63. The van der Waals surface area contributed by atoms with Crippen molar-refractivity contribution in [1.29, 1.82) is 0 Å². The van der Waals surface area contributed by atoms with Gasteiger partial charge in [0, 0.05) is 19.1 Å². The summed E-state index contributed by atoms with van der Waals surface area (Å²) in [5.74, 6) is 0. The van der Waals surface area contributed by atoms with Crippen LogP contribution in [0.4, 0.5) is 4.79 Å². The first kappa shape index (κ1) is 17.5. The Balaban J connectivity index is 2.72. The summed E-state index contributed by atoms with van der Waals surface area (Å²) in [6, 6.07) is 9.06. The Hall–Kier alpha value is -1.60. The monoisotopic (exact) mass is 314 g/mol. The van der Waals surface area contributed by atoms with Crippen LogP contribution >= 0.6 is 0 Å². The summed E-state index contributed by atoms with van der Waals surface area (Å²) in [5.41, 5.74) is 0.902. The minimum atomic E-state index is -3.38. The Morgan fingerprint density at radius 2 is 1.95 bits per heavy atom. The molecule has 0 aliphatic rings. The lowest BCUT2D eigenvalue weighted by atomic mass is 10.1. The number of sulfonamides is 1. The van der Waals surface area contributed by atoms with E-state index in [1.807, 2.05) is 37.3 Å². The summed E-state index contributed by atoms with van der Waals surface area (Å²) in [6.45, 7) is 4.19. The van der Waals surface area contributed by atoms with Gasteiger partial charge in [-0.25, -0.2) is 13.2 Å². The van der Waals surface area contributed by atoms with E-state index in [1.165, 1.54) is 4.31 Å². The van der Waals surface area contributed by atoms with Gasteiger partial charge in [0.15, 0.2) is 0 Å². The highest BCUT2D eigenvalue weighted by molar-refractivity contribution is 7.88. The van der Waals surface area contributed by atoms with E-state index in [1.54, 1.807) is 6.92 Å². The van der Waals surface area contributed by atoms with Crippen molar-refractivity contribution in [1.82, 2.24) is 9.62 Å². The second kappa shape index (κ2) is 7.99. The predicted octanol–water partition coefficient (Wildman–Crippen LogP) is 1.76. The number of carbonyl (C=O) groups is 1. The number of alkyl carbamates (subject to hydrolysis) is 1. The van der Waals surface area contributed by atoms with Crippen molar-refractivity contribution in [3.8, 4) is 0 Å². The smallest absolute Gasteiger partial charge is 0.407 e. The van der Waals surface area contributed by atoms with Crippen LogP contribution in [0.5, 0.6) is 0 Å². The maximum atomic E-state index is 11.9. The lowest BCUT2D eigenvalue weighted by Gasteiger charge is -2.27. The van der Waals surface area contributed by atoms with Gasteiger partial charge < -0.3 is 10.1 Å². The van der Waals surface area contributed by atoms with Gasteiger partial charge in [-0.1, -0.05) is 30.3 Å². The lowest BCUT2D eigenvalue weighted by Crippen LogP contribution is -2.39. The van der Waals surface area contributed by atoms with E-state index in [-0.39, 0.29) is 25.7 Å². The summed E-state index contributed by atoms with van der Waals surface area (Å²) in [4.78, 5) is 11.2. The highest BCUT2D eigenvalue weighted by Crippen LogP contribution is 2.21. The molecule has 6 nitrogen and oxygen atoms in total. The highest BCUT2D eigenvalue weighted by atomic mass is 32.2. The van der Waals surface area contributed by atoms with E-state index in [9.17, 15) is 13.2 Å². The van der Waals surface area contributed by atoms with Crippen LogP contribution in [0, 0.1) is 0 Å². The third-order valence-electron chi connectivity index (χ3n) is 3.02. The quantitative estimate of drug-likeness (QED) is 0.832. The molecule has 1 aromatic rings. The summed E-state index contributed by atoms with van der Waals surface area (Å²) >= 11 is 0. The molecular weight excluding hydrogens is 292 g/mol. The molecule has 0 radical (unpaired) electrons. The second-order valence-corrected chi connectivity index (χ2v) is 6.54. The van der Waals surface area contributed by atoms with Crippen LogP contribution in [-0.4, -0.2) is 44.8 Å². The first-order chi connectivity index (χ1) is 9.86. The van der Waals surface area contributed by atoms with Crippen LogP contribution in [0.1, 0.15) is 25.5 Å². The number of ether oxygens (including phenoxy) is 1. The molecule has 0 aromatic heterocycles. The number of rotatable bonds is 7. The van der Waals surface area contributed by atoms with Crippen LogP contribution in [0.15, 0.2) is 30.3 Å². The van der Waals surface area contributed by atoms with E-state index in [0.717, 1.165) is 11.8 Å². The Labute approximate surface area is 126 Å². The third kappa shape index (κ3) is 5.73. The summed E-state index contributed by atoms with van der Waals surface area (Å²) in [7, 11) is -3.38. The molecule has 0 aliphatic heterocycles. The van der Waals surface area contributed by atoms with Gasteiger partial charge in [-0.3, -0.25) is 0 Å². The zero-order chi connectivity index (χ0) is 15.9. The molecule has 21 heavy (non-hydrogen) atoms. The molecule has 1 unspecified atom stereocenters. The van der Waals surface area contributed by atoms with Gasteiger partial charge in [-0.05, 0) is 19.4 Å². The lowest BCUT2D eigenvalue weighted by molar-refractivity contribution is 0.151. The maximum Gasteiger partial charge on any atom is 0.407 e. The van der Waals surface area contributed by atoms with Gasteiger partial charge in [0.25, 0.3) is 0 Å².